The minimum Gasteiger partial charge on any atom is -0.507 e. The lowest BCUT2D eigenvalue weighted by Crippen LogP contribution is -2.09. The van der Waals surface area contributed by atoms with Crippen LogP contribution in [0.1, 0.15) is 73.6 Å². The number of carbonyl (C=O) groups is 2. The van der Waals surface area contributed by atoms with Gasteiger partial charge in [0.15, 0.2) is 11.6 Å². The monoisotopic (exact) mass is 563 g/mol. The van der Waals surface area contributed by atoms with Crippen molar-refractivity contribution >= 4 is 22.5 Å². The summed E-state index contributed by atoms with van der Waals surface area (Å²) in [5.41, 5.74) is 4.95. The van der Waals surface area contributed by atoms with Crippen molar-refractivity contribution < 1.29 is 30.0 Å². The molecule has 0 aliphatic rings. The van der Waals surface area contributed by atoms with E-state index in [4.69, 9.17) is 0 Å². The van der Waals surface area contributed by atoms with E-state index in [1.165, 1.54) is 26.0 Å². The second-order valence-electron chi connectivity index (χ2n) is 10.8. The summed E-state index contributed by atoms with van der Waals surface area (Å²) in [6.45, 7) is 6.55. The lowest BCUT2D eigenvalue weighted by atomic mass is 9.92. The molecule has 0 spiro atoms. The molecule has 1 heterocycles. The number of rotatable bonds is 8. The van der Waals surface area contributed by atoms with Crippen LogP contribution in [0.3, 0.4) is 0 Å². The average Bonchev–Trinajstić information content (AvgIpc) is 3.24. The Morgan fingerprint density at radius 2 is 1.14 bits per heavy atom. The Morgan fingerprint density at radius 3 is 1.69 bits per heavy atom. The van der Waals surface area contributed by atoms with Crippen molar-refractivity contribution in [3.8, 4) is 23.0 Å². The van der Waals surface area contributed by atoms with Crippen molar-refractivity contribution in [2.24, 2.45) is 0 Å². The Labute approximate surface area is 243 Å². The molecule has 4 N–H and O–H groups in total. The maximum Gasteiger partial charge on any atom is 0.163 e. The zero-order valence-electron chi connectivity index (χ0n) is 24.0. The highest BCUT2D eigenvalue weighted by molar-refractivity contribution is 5.99. The number of aromatic hydroxyl groups is 4. The van der Waals surface area contributed by atoms with E-state index in [1.54, 1.807) is 13.8 Å². The fraction of sp³-hybridized carbons (Fsp3) is 0.200. The molecule has 0 saturated carbocycles. The van der Waals surface area contributed by atoms with Crippen LogP contribution in [0, 0.1) is 13.8 Å². The van der Waals surface area contributed by atoms with Gasteiger partial charge in [-0.2, -0.15) is 0 Å². The molecule has 0 fully saturated rings. The molecular formula is C35H33NO6. The maximum absolute atomic E-state index is 12.4. The van der Waals surface area contributed by atoms with Crippen molar-refractivity contribution in [2.75, 3.05) is 0 Å². The van der Waals surface area contributed by atoms with Gasteiger partial charge in [0.25, 0.3) is 0 Å². The SMILES string of the molecule is CC(=O)c1cc(C)c(O)c(Cc2c(Cc3c(O)c(C)cc(C(C)=O)c3O)n(Cc3ccccc3)c3ccccc23)c1O. The fourth-order valence-electron chi connectivity index (χ4n) is 5.72. The summed E-state index contributed by atoms with van der Waals surface area (Å²) < 4.78 is 2.09. The quantitative estimate of drug-likeness (QED) is 0.156. The first kappa shape index (κ1) is 28.5. The summed E-state index contributed by atoms with van der Waals surface area (Å²) in [7, 11) is 0. The topological polar surface area (TPSA) is 120 Å². The van der Waals surface area contributed by atoms with Crippen molar-refractivity contribution in [1.82, 2.24) is 4.57 Å². The summed E-state index contributed by atoms with van der Waals surface area (Å²) in [6.07, 6.45) is 0.132. The number of fused-ring (bicyclic) bond motifs is 1. The largest absolute Gasteiger partial charge is 0.507 e. The molecule has 42 heavy (non-hydrogen) atoms. The first-order valence-corrected chi connectivity index (χ1v) is 13.7. The van der Waals surface area contributed by atoms with Crippen LogP contribution in [-0.2, 0) is 19.4 Å². The van der Waals surface area contributed by atoms with Crippen molar-refractivity contribution in [2.45, 2.75) is 47.1 Å². The third-order valence-electron chi connectivity index (χ3n) is 7.96. The minimum atomic E-state index is -0.326. The molecule has 0 unspecified atom stereocenters. The maximum atomic E-state index is 12.4. The highest BCUT2D eigenvalue weighted by atomic mass is 16.3. The number of aromatic nitrogens is 1. The number of carbonyl (C=O) groups excluding carboxylic acids is 2. The second kappa shape index (κ2) is 11.1. The van der Waals surface area contributed by atoms with Gasteiger partial charge in [-0.3, -0.25) is 9.59 Å². The van der Waals surface area contributed by atoms with Gasteiger partial charge in [0.05, 0.1) is 11.1 Å². The van der Waals surface area contributed by atoms with Crippen LogP contribution < -0.4 is 0 Å². The lowest BCUT2D eigenvalue weighted by molar-refractivity contribution is 0.100. The molecule has 0 aliphatic carbocycles. The number of Topliss-reactive ketones (excluding diaryl/α,β-unsaturated/α-hetero) is 2. The van der Waals surface area contributed by atoms with Crippen LogP contribution in [0.15, 0.2) is 66.7 Å². The molecule has 5 rings (SSSR count). The molecule has 0 radical (unpaired) electrons. The van der Waals surface area contributed by atoms with Crippen molar-refractivity contribution in [1.29, 1.82) is 0 Å². The summed E-state index contributed by atoms with van der Waals surface area (Å²) >= 11 is 0. The Hall–Kier alpha value is -5.04. The number of benzene rings is 4. The van der Waals surface area contributed by atoms with Gasteiger partial charge >= 0.3 is 0 Å². The van der Waals surface area contributed by atoms with Gasteiger partial charge in [0, 0.05) is 47.1 Å². The highest BCUT2D eigenvalue weighted by Gasteiger charge is 2.26. The summed E-state index contributed by atoms with van der Waals surface area (Å²) in [5, 5.41) is 45.3. The van der Waals surface area contributed by atoms with Gasteiger partial charge in [0.1, 0.15) is 23.0 Å². The number of nitrogens with zero attached hydrogens (tertiary/aromatic N) is 1. The molecule has 214 valence electrons. The Kier molecular flexibility index (Phi) is 7.52. The van der Waals surface area contributed by atoms with E-state index in [9.17, 15) is 30.0 Å². The van der Waals surface area contributed by atoms with Gasteiger partial charge < -0.3 is 25.0 Å². The highest BCUT2D eigenvalue weighted by Crippen LogP contribution is 2.42. The molecule has 5 aromatic rings. The smallest absolute Gasteiger partial charge is 0.163 e. The number of phenols is 4. The number of hydrogen-bond donors (Lipinski definition) is 4. The first-order chi connectivity index (χ1) is 20.0. The summed E-state index contributed by atoms with van der Waals surface area (Å²) in [6, 6.07) is 20.5. The lowest BCUT2D eigenvalue weighted by Gasteiger charge is -2.18. The van der Waals surface area contributed by atoms with E-state index < -0.39 is 0 Å². The number of ketones is 2. The predicted molar refractivity (Wildman–Crippen MR) is 162 cm³/mol. The van der Waals surface area contributed by atoms with E-state index in [0.29, 0.717) is 17.7 Å². The zero-order chi connectivity index (χ0) is 30.3. The van der Waals surface area contributed by atoms with Gasteiger partial charge in [-0.25, -0.2) is 0 Å². The van der Waals surface area contributed by atoms with Crippen molar-refractivity contribution in [3.63, 3.8) is 0 Å². The molecule has 1 aromatic heterocycles. The van der Waals surface area contributed by atoms with E-state index >= 15 is 0 Å². The average molecular weight is 564 g/mol. The Bertz CT molecular complexity index is 1870. The van der Waals surface area contributed by atoms with E-state index in [1.807, 2.05) is 54.6 Å². The number of aryl methyl sites for hydroxylation is 2. The zero-order valence-corrected chi connectivity index (χ0v) is 24.0. The second-order valence-corrected chi connectivity index (χ2v) is 10.8. The van der Waals surface area contributed by atoms with E-state index in [0.717, 1.165) is 27.7 Å². The number of hydrogen-bond acceptors (Lipinski definition) is 6. The van der Waals surface area contributed by atoms with E-state index in [2.05, 4.69) is 4.57 Å². The van der Waals surface area contributed by atoms with Gasteiger partial charge in [-0.15, -0.1) is 0 Å². The fourth-order valence-corrected chi connectivity index (χ4v) is 5.72. The molecular weight excluding hydrogens is 530 g/mol. The normalized spacial score (nSPS) is 11.2. The van der Waals surface area contributed by atoms with Crippen LogP contribution in [0.2, 0.25) is 0 Å². The molecule has 0 saturated heterocycles. The molecule has 0 aliphatic heterocycles. The third-order valence-corrected chi connectivity index (χ3v) is 7.96. The van der Waals surface area contributed by atoms with Crippen molar-refractivity contribution in [3.05, 3.63) is 117 Å². The Morgan fingerprint density at radius 1 is 0.643 bits per heavy atom. The number of phenolic OH excluding ortho intramolecular Hbond substituents is 4. The van der Waals surface area contributed by atoms with Crippen LogP contribution >= 0.6 is 0 Å². The predicted octanol–water partition coefficient (Wildman–Crippen LogP) is 6.72. The van der Waals surface area contributed by atoms with Crippen LogP contribution in [0.25, 0.3) is 10.9 Å². The standard InChI is InChI=1S/C35H33NO6/c1-19-14-25(21(3)37)34(41)28(32(19)39)16-27-24-12-8-9-13-30(24)36(18-23-10-6-5-7-11-23)31(27)17-29-33(40)20(2)15-26(22(4)38)35(29)42/h5-15,39-42H,16-18H2,1-4H3. The van der Waals surface area contributed by atoms with E-state index in [-0.39, 0.29) is 69.7 Å². The molecule has 0 amide bonds. The molecule has 7 heteroatoms. The summed E-state index contributed by atoms with van der Waals surface area (Å²) in [5.74, 6) is -1.43. The van der Waals surface area contributed by atoms with Gasteiger partial charge in [-0.05, 0) is 68.1 Å². The number of para-hydroxylation sites is 1. The third kappa shape index (κ3) is 4.98. The molecule has 7 nitrogen and oxygen atoms in total. The first-order valence-electron chi connectivity index (χ1n) is 13.7. The Balaban J connectivity index is 1.81. The van der Waals surface area contributed by atoms with Gasteiger partial charge in [0.2, 0.25) is 0 Å². The summed E-state index contributed by atoms with van der Waals surface area (Å²) in [4.78, 5) is 24.7. The molecule has 4 aromatic carbocycles. The van der Waals surface area contributed by atoms with Gasteiger partial charge in [-0.1, -0.05) is 48.5 Å². The van der Waals surface area contributed by atoms with Crippen LogP contribution in [-0.4, -0.2) is 36.6 Å². The molecule has 0 bridgehead atoms. The molecule has 0 atom stereocenters. The van der Waals surface area contributed by atoms with Crippen LogP contribution in [0.5, 0.6) is 23.0 Å². The van der Waals surface area contributed by atoms with Crippen LogP contribution in [0.4, 0.5) is 0 Å². The minimum absolute atomic E-state index is 0.0589.